The maximum Gasteiger partial charge on any atom is 0.338 e. The smallest absolute Gasteiger partial charge is 0.338 e. The van der Waals surface area contributed by atoms with Crippen LogP contribution in [0.4, 0.5) is 5.69 Å². The molecule has 6 nitrogen and oxygen atoms in total. The Morgan fingerprint density at radius 3 is 2.45 bits per heavy atom. The van der Waals surface area contributed by atoms with Gasteiger partial charge < -0.3 is 19.5 Å². The highest BCUT2D eigenvalue weighted by molar-refractivity contribution is 6.03. The van der Waals surface area contributed by atoms with Gasteiger partial charge in [-0.1, -0.05) is 42.5 Å². The minimum Gasteiger partial charge on any atom is -0.492 e. The molecule has 1 N–H and O–H groups in total. The van der Waals surface area contributed by atoms with Crippen molar-refractivity contribution in [2.45, 2.75) is 20.5 Å². The van der Waals surface area contributed by atoms with Crippen LogP contribution in [-0.4, -0.2) is 25.1 Å². The molecule has 0 saturated carbocycles. The molecule has 0 radical (unpaired) electrons. The van der Waals surface area contributed by atoms with Crippen molar-refractivity contribution in [1.82, 2.24) is 0 Å². The molecule has 6 heteroatoms. The van der Waals surface area contributed by atoms with Crippen molar-refractivity contribution < 1.29 is 23.8 Å². The number of anilines is 1. The van der Waals surface area contributed by atoms with E-state index >= 15 is 0 Å². The summed E-state index contributed by atoms with van der Waals surface area (Å²) in [6.07, 6.45) is 3.14. The number of amides is 1. The molecular weight excluding hydrogens is 418 g/mol. The van der Waals surface area contributed by atoms with Crippen molar-refractivity contribution in [2.24, 2.45) is 0 Å². The summed E-state index contributed by atoms with van der Waals surface area (Å²) in [5.41, 5.74) is 2.75. The molecule has 3 aromatic carbocycles. The van der Waals surface area contributed by atoms with Crippen LogP contribution in [0.2, 0.25) is 0 Å². The number of nitrogens with one attached hydrogen (secondary N) is 1. The number of esters is 1. The van der Waals surface area contributed by atoms with Crippen LogP contribution < -0.4 is 14.8 Å². The number of hydrogen-bond acceptors (Lipinski definition) is 5. The standard InChI is InChI=1S/C27H27NO5/c1-3-31-25-18-22(27(30)32-4-2)14-15-24(25)28-26(29)16-13-20-11-8-12-23(17-20)33-19-21-9-6-5-7-10-21/h5-18H,3-4,19H2,1-2H3,(H,28,29)/b16-13+. The van der Waals surface area contributed by atoms with Gasteiger partial charge in [-0.3, -0.25) is 4.79 Å². The topological polar surface area (TPSA) is 73.9 Å². The maximum absolute atomic E-state index is 12.5. The summed E-state index contributed by atoms with van der Waals surface area (Å²) in [6.45, 7) is 4.71. The second-order valence-corrected chi connectivity index (χ2v) is 7.03. The highest BCUT2D eigenvalue weighted by Gasteiger charge is 2.12. The van der Waals surface area contributed by atoms with Crippen LogP contribution in [0.15, 0.2) is 78.9 Å². The molecule has 0 aliphatic rings. The summed E-state index contributed by atoms with van der Waals surface area (Å²) in [5.74, 6) is 0.358. The second kappa shape index (κ2) is 12.1. The van der Waals surface area contributed by atoms with Gasteiger partial charge in [0.05, 0.1) is 24.5 Å². The predicted molar refractivity (Wildman–Crippen MR) is 128 cm³/mol. The van der Waals surface area contributed by atoms with Gasteiger partial charge in [0.1, 0.15) is 18.1 Å². The molecule has 0 saturated heterocycles. The molecule has 33 heavy (non-hydrogen) atoms. The summed E-state index contributed by atoms with van der Waals surface area (Å²) >= 11 is 0. The predicted octanol–water partition coefficient (Wildman–Crippen LogP) is 5.49. The first-order valence-electron chi connectivity index (χ1n) is 10.8. The maximum atomic E-state index is 12.5. The molecule has 0 bridgehead atoms. The van der Waals surface area contributed by atoms with Gasteiger partial charge in [-0.25, -0.2) is 4.79 Å². The molecule has 3 rings (SSSR count). The van der Waals surface area contributed by atoms with Gasteiger partial charge >= 0.3 is 5.97 Å². The van der Waals surface area contributed by atoms with E-state index in [2.05, 4.69) is 5.32 Å². The normalized spacial score (nSPS) is 10.6. The van der Waals surface area contributed by atoms with Crippen LogP contribution in [0.3, 0.4) is 0 Å². The molecule has 0 unspecified atom stereocenters. The lowest BCUT2D eigenvalue weighted by Gasteiger charge is -2.12. The Morgan fingerprint density at radius 2 is 1.70 bits per heavy atom. The van der Waals surface area contributed by atoms with Gasteiger partial charge in [0.25, 0.3) is 0 Å². The number of ether oxygens (including phenoxy) is 3. The van der Waals surface area contributed by atoms with E-state index in [0.717, 1.165) is 16.9 Å². The Hall–Kier alpha value is -4.06. The number of carbonyl (C=O) groups is 2. The van der Waals surface area contributed by atoms with Crippen molar-refractivity contribution in [3.8, 4) is 11.5 Å². The monoisotopic (exact) mass is 445 g/mol. The largest absolute Gasteiger partial charge is 0.492 e. The molecular formula is C27H27NO5. The summed E-state index contributed by atoms with van der Waals surface area (Å²) in [7, 11) is 0. The van der Waals surface area contributed by atoms with Crippen molar-refractivity contribution >= 4 is 23.6 Å². The Bertz CT molecular complexity index is 1110. The highest BCUT2D eigenvalue weighted by atomic mass is 16.5. The van der Waals surface area contributed by atoms with Crippen LogP contribution >= 0.6 is 0 Å². The molecule has 0 atom stereocenters. The minimum atomic E-state index is -0.439. The SMILES string of the molecule is CCOC(=O)c1ccc(NC(=O)/C=C/c2cccc(OCc3ccccc3)c2)c(OCC)c1. The second-order valence-electron chi connectivity index (χ2n) is 7.03. The lowest BCUT2D eigenvalue weighted by Crippen LogP contribution is -2.11. The van der Waals surface area contributed by atoms with E-state index in [9.17, 15) is 9.59 Å². The van der Waals surface area contributed by atoms with E-state index in [0.29, 0.717) is 30.2 Å². The van der Waals surface area contributed by atoms with Crippen LogP contribution in [0, 0.1) is 0 Å². The van der Waals surface area contributed by atoms with E-state index in [4.69, 9.17) is 14.2 Å². The van der Waals surface area contributed by atoms with Crippen LogP contribution in [-0.2, 0) is 16.1 Å². The van der Waals surface area contributed by atoms with Crippen LogP contribution in [0.1, 0.15) is 35.3 Å². The Morgan fingerprint density at radius 1 is 0.879 bits per heavy atom. The fourth-order valence-electron chi connectivity index (χ4n) is 3.04. The van der Waals surface area contributed by atoms with Crippen molar-refractivity contribution in [1.29, 1.82) is 0 Å². The Labute approximate surface area is 193 Å². The lowest BCUT2D eigenvalue weighted by molar-refractivity contribution is -0.111. The Balaban J connectivity index is 1.64. The Kier molecular flexibility index (Phi) is 8.65. The zero-order chi connectivity index (χ0) is 23.5. The summed E-state index contributed by atoms with van der Waals surface area (Å²) < 4.78 is 16.4. The number of hydrogen-bond donors (Lipinski definition) is 1. The first-order valence-corrected chi connectivity index (χ1v) is 10.8. The van der Waals surface area contributed by atoms with Gasteiger partial charge in [-0.05, 0) is 61.4 Å². The molecule has 0 fully saturated rings. The molecule has 1 amide bonds. The average molecular weight is 446 g/mol. The van der Waals surface area contributed by atoms with E-state index < -0.39 is 5.97 Å². The van der Waals surface area contributed by atoms with E-state index in [1.807, 2.05) is 61.5 Å². The lowest BCUT2D eigenvalue weighted by atomic mass is 10.1. The average Bonchev–Trinajstić information content (AvgIpc) is 2.84. The number of carbonyl (C=O) groups excluding carboxylic acids is 2. The molecule has 0 heterocycles. The minimum absolute atomic E-state index is 0.282. The van der Waals surface area contributed by atoms with Crippen molar-refractivity contribution in [3.63, 3.8) is 0 Å². The van der Waals surface area contributed by atoms with E-state index in [1.165, 1.54) is 6.08 Å². The van der Waals surface area contributed by atoms with Crippen LogP contribution in [0.25, 0.3) is 6.08 Å². The number of benzene rings is 3. The quantitative estimate of drug-likeness (QED) is 0.330. The van der Waals surface area contributed by atoms with Crippen LogP contribution in [0.5, 0.6) is 11.5 Å². The molecule has 0 aliphatic heterocycles. The summed E-state index contributed by atoms with van der Waals surface area (Å²) in [4.78, 5) is 24.4. The zero-order valence-corrected chi connectivity index (χ0v) is 18.7. The first-order chi connectivity index (χ1) is 16.1. The molecule has 0 aromatic heterocycles. The third-order valence-corrected chi connectivity index (χ3v) is 4.58. The van der Waals surface area contributed by atoms with Gasteiger partial charge in [-0.2, -0.15) is 0 Å². The van der Waals surface area contributed by atoms with Crippen molar-refractivity contribution in [2.75, 3.05) is 18.5 Å². The first kappa shape index (κ1) is 23.6. The summed E-state index contributed by atoms with van der Waals surface area (Å²) in [6, 6.07) is 22.2. The van der Waals surface area contributed by atoms with E-state index in [1.54, 1.807) is 31.2 Å². The summed E-state index contributed by atoms with van der Waals surface area (Å²) in [5, 5.41) is 2.79. The van der Waals surface area contributed by atoms with Gasteiger partial charge in [0.15, 0.2) is 0 Å². The molecule has 0 aliphatic carbocycles. The molecule has 170 valence electrons. The van der Waals surface area contributed by atoms with Crippen molar-refractivity contribution in [3.05, 3.63) is 95.6 Å². The molecule has 0 spiro atoms. The zero-order valence-electron chi connectivity index (χ0n) is 18.7. The van der Waals surface area contributed by atoms with E-state index in [-0.39, 0.29) is 12.5 Å². The van der Waals surface area contributed by atoms with Gasteiger partial charge in [0, 0.05) is 6.08 Å². The fraction of sp³-hybridized carbons (Fsp3) is 0.185. The fourth-order valence-corrected chi connectivity index (χ4v) is 3.04. The number of rotatable bonds is 10. The van der Waals surface area contributed by atoms with Gasteiger partial charge in [-0.15, -0.1) is 0 Å². The third kappa shape index (κ3) is 7.25. The van der Waals surface area contributed by atoms with Gasteiger partial charge in [0.2, 0.25) is 5.91 Å². The molecule has 3 aromatic rings. The third-order valence-electron chi connectivity index (χ3n) is 4.58. The highest BCUT2D eigenvalue weighted by Crippen LogP contribution is 2.26.